The van der Waals surface area contributed by atoms with Crippen molar-refractivity contribution in [3.8, 4) is 0 Å². The smallest absolute Gasteiger partial charge is 0.257 e. The van der Waals surface area contributed by atoms with Crippen molar-refractivity contribution < 1.29 is 9.59 Å². The van der Waals surface area contributed by atoms with Gasteiger partial charge in [0.05, 0.1) is 11.8 Å². The highest BCUT2D eigenvalue weighted by molar-refractivity contribution is 6.13. The molecule has 2 N–H and O–H groups in total. The molecule has 4 aromatic rings. The van der Waals surface area contributed by atoms with E-state index in [1.54, 1.807) is 36.5 Å². The van der Waals surface area contributed by atoms with E-state index in [0.717, 1.165) is 28.6 Å². The molecule has 0 spiro atoms. The Labute approximate surface area is 180 Å². The summed E-state index contributed by atoms with van der Waals surface area (Å²) in [5, 5.41) is 8.07. The van der Waals surface area contributed by atoms with Crippen LogP contribution in [0, 0.1) is 6.92 Å². The monoisotopic (exact) mass is 415 g/mol. The van der Waals surface area contributed by atoms with Gasteiger partial charge in [-0.3, -0.25) is 14.3 Å². The number of nitrogens with one attached hydrogen (secondary N) is 2. The maximum Gasteiger partial charge on any atom is 0.257 e. The Bertz CT molecular complexity index is 1250. The van der Waals surface area contributed by atoms with Crippen LogP contribution in [0.4, 0.5) is 5.69 Å². The van der Waals surface area contributed by atoms with Crippen molar-refractivity contribution in [3.05, 3.63) is 83.3 Å². The maximum absolute atomic E-state index is 13.0. The van der Waals surface area contributed by atoms with Crippen LogP contribution in [0.5, 0.6) is 0 Å². The Balaban J connectivity index is 1.52. The Morgan fingerprint density at radius 2 is 2.00 bits per heavy atom. The predicted octanol–water partition coefficient (Wildman–Crippen LogP) is 4.22. The van der Waals surface area contributed by atoms with Crippen molar-refractivity contribution in [1.82, 2.24) is 19.7 Å². The molecule has 0 fully saturated rings. The summed E-state index contributed by atoms with van der Waals surface area (Å²) in [5.74, 6) is -0.336. The van der Waals surface area contributed by atoms with Crippen LogP contribution in [0.25, 0.3) is 10.9 Å². The molecule has 2 aromatic heterocycles. The van der Waals surface area contributed by atoms with Crippen LogP contribution < -0.4 is 5.32 Å². The first-order valence-corrected chi connectivity index (χ1v) is 10.2. The Morgan fingerprint density at radius 1 is 1.19 bits per heavy atom. The number of amides is 2. The zero-order valence-electron chi connectivity index (χ0n) is 17.8. The van der Waals surface area contributed by atoms with Gasteiger partial charge in [0, 0.05) is 60.2 Å². The summed E-state index contributed by atoms with van der Waals surface area (Å²) >= 11 is 0. The van der Waals surface area contributed by atoms with E-state index in [1.165, 1.54) is 0 Å². The number of nitrogens with zero attached hydrogens (tertiary/aromatic N) is 3. The maximum atomic E-state index is 13.0. The van der Waals surface area contributed by atoms with Crippen molar-refractivity contribution in [3.63, 3.8) is 0 Å². The fourth-order valence-electron chi connectivity index (χ4n) is 3.57. The van der Waals surface area contributed by atoms with Crippen molar-refractivity contribution in [2.45, 2.75) is 26.9 Å². The summed E-state index contributed by atoms with van der Waals surface area (Å²) in [7, 11) is 1.76. The van der Waals surface area contributed by atoms with Crippen molar-refractivity contribution >= 4 is 28.4 Å². The summed E-state index contributed by atoms with van der Waals surface area (Å²) in [6.07, 6.45) is 5.41. The second-order valence-electron chi connectivity index (χ2n) is 7.60. The minimum absolute atomic E-state index is 0.119. The zero-order valence-corrected chi connectivity index (χ0v) is 17.8. The molecule has 0 aliphatic heterocycles. The number of H-pyrrole nitrogens is 1. The number of carbonyl (C=O) groups excluding carboxylic acids is 2. The summed E-state index contributed by atoms with van der Waals surface area (Å²) < 4.78 is 1.83. The number of hydrogen-bond donors (Lipinski definition) is 2. The van der Waals surface area contributed by atoms with Crippen molar-refractivity contribution in [2.24, 2.45) is 0 Å². The molecule has 0 aliphatic carbocycles. The number of carbonyl (C=O) groups is 2. The first-order valence-electron chi connectivity index (χ1n) is 10.2. The second kappa shape index (κ2) is 8.47. The summed E-state index contributed by atoms with van der Waals surface area (Å²) in [5.41, 5.74) is 4.46. The van der Waals surface area contributed by atoms with Crippen LogP contribution in [-0.2, 0) is 13.1 Å². The van der Waals surface area contributed by atoms with E-state index < -0.39 is 0 Å². The van der Waals surface area contributed by atoms with Gasteiger partial charge >= 0.3 is 0 Å². The van der Waals surface area contributed by atoms with Gasteiger partial charge in [0.25, 0.3) is 11.8 Å². The molecule has 0 aliphatic rings. The van der Waals surface area contributed by atoms with Crippen LogP contribution in [-0.4, -0.2) is 38.5 Å². The number of hydrogen-bond acceptors (Lipinski definition) is 3. The lowest BCUT2D eigenvalue weighted by Crippen LogP contribution is -2.26. The van der Waals surface area contributed by atoms with Crippen LogP contribution >= 0.6 is 0 Å². The minimum atomic E-state index is -0.217. The van der Waals surface area contributed by atoms with Crippen molar-refractivity contribution in [2.75, 3.05) is 12.4 Å². The van der Waals surface area contributed by atoms with E-state index in [2.05, 4.69) is 15.4 Å². The minimum Gasteiger partial charge on any atom is -0.360 e. The number of aryl methyl sites for hydroxylation is 2. The van der Waals surface area contributed by atoms with E-state index in [9.17, 15) is 9.59 Å². The Hall–Kier alpha value is -3.87. The SMILES string of the molecule is CCn1cc(CN(C)C(=O)c2ccc(C)c(NC(=O)c3c[nH]c4ccccc34)c2)cn1. The standard InChI is InChI=1S/C24H25N5O2/c1-4-29-15-17(12-26-29)14-28(3)24(31)18-10-9-16(2)22(11-18)27-23(30)20-13-25-21-8-6-5-7-19(20)21/h5-13,15,25H,4,14H2,1-3H3,(H,27,30). The molecule has 0 atom stereocenters. The lowest BCUT2D eigenvalue weighted by molar-refractivity contribution is 0.0784. The van der Waals surface area contributed by atoms with E-state index >= 15 is 0 Å². The quantitative estimate of drug-likeness (QED) is 0.495. The fourth-order valence-corrected chi connectivity index (χ4v) is 3.57. The van der Waals surface area contributed by atoms with Gasteiger partial charge < -0.3 is 15.2 Å². The van der Waals surface area contributed by atoms with Gasteiger partial charge in [0.1, 0.15) is 0 Å². The number of rotatable bonds is 6. The fraction of sp³-hybridized carbons (Fsp3) is 0.208. The number of benzene rings is 2. The molecule has 2 aromatic carbocycles. The molecule has 0 radical (unpaired) electrons. The third kappa shape index (κ3) is 4.21. The molecule has 0 saturated carbocycles. The molecular formula is C24H25N5O2. The Kier molecular flexibility index (Phi) is 5.58. The van der Waals surface area contributed by atoms with Crippen LogP contribution in [0.15, 0.2) is 61.1 Å². The van der Waals surface area contributed by atoms with Gasteiger partial charge in [0.15, 0.2) is 0 Å². The van der Waals surface area contributed by atoms with Crippen LogP contribution in [0.3, 0.4) is 0 Å². The topological polar surface area (TPSA) is 83.0 Å². The summed E-state index contributed by atoms with van der Waals surface area (Å²) in [6, 6.07) is 13.0. The average molecular weight is 415 g/mol. The van der Waals surface area contributed by atoms with E-state index in [0.29, 0.717) is 23.4 Å². The third-order valence-electron chi connectivity index (χ3n) is 5.34. The molecule has 4 rings (SSSR count). The molecule has 0 bridgehead atoms. The van der Waals surface area contributed by atoms with E-state index in [1.807, 2.05) is 55.1 Å². The predicted molar refractivity (Wildman–Crippen MR) is 121 cm³/mol. The molecule has 31 heavy (non-hydrogen) atoms. The largest absolute Gasteiger partial charge is 0.360 e. The molecule has 158 valence electrons. The average Bonchev–Trinajstić information content (AvgIpc) is 3.41. The summed E-state index contributed by atoms with van der Waals surface area (Å²) in [4.78, 5) is 30.6. The number of aromatic nitrogens is 3. The molecule has 0 saturated heterocycles. The molecule has 0 unspecified atom stereocenters. The van der Waals surface area contributed by atoms with Gasteiger partial charge in [-0.15, -0.1) is 0 Å². The van der Waals surface area contributed by atoms with Crippen LogP contribution in [0.2, 0.25) is 0 Å². The van der Waals surface area contributed by atoms with Gasteiger partial charge in [-0.05, 0) is 37.6 Å². The normalized spacial score (nSPS) is 10.9. The zero-order chi connectivity index (χ0) is 22.0. The van der Waals surface area contributed by atoms with Gasteiger partial charge in [-0.25, -0.2) is 0 Å². The van der Waals surface area contributed by atoms with Gasteiger partial charge in [-0.2, -0.15) is 5.10 Å². The lowest BCUT2D eigenvalue weighted by atomic mass is 10.1. The van der Waals surface area contributed by atoms with Gasteiger partial charge in [0.2, 0.25) is 0 Å². The highest BCUT2D eigenvalue weighted by Gasteiger charge is 2.17. The van der Waals surface area contributed by atoms with Crippen molar-refractivity contribution in [1.29, 1.82) is 0 Å². The number of aromatic amines is 1. The van der Waals surface area contributed by atoms with Gasteiger partial charge in [-0.1, -0.05) is 24.3 Å². The lowest BCUT2D eigenvalue weighted by Gasteiger charge is -2.17. The number of fused-ring (bicyclic) bond motifs is 1. The first kappa shape index (κ1) is 20.4. The second-order valence-corrected chi connectivity index (χ2v) is 7.60. The molecule has 7 nitrogen and oxygen atoms in total. The van der Waals surface area contributed by atoms with E-state index in [-0.39, 0.29) is 11.8 Å². The molecule has 7 heteroatoms. The highest BCUT2D eigenvalue weighted by atomic mass is 16.2. The number of anilines is 1. The third-order valence-corrected chi connectivity index (χ3v) is 5.34. The first-order chi connectivity index (χ1) is 15.0. The molecule has 2 heterocycles. The Morgan fingerprint density at radius 3 is 2.77 bits per heavy atom. The molecular weight excluding hydrogens is 390 g/mol. The highest BCUT2D eigenvalue weighted by Crippen LogP contribution is 2.22. The number of para-hydroxylation sites is 1. The van der Waals surface area contributed by atoms with Crippen LogP contribution in [0.1, 0.15) is 38.8 Å². The molecule has 2 amide bonds. The van der Waals surface area contributed by atoms with E-state index in [4.69, 9.17) is 0 Å². The summed E-state index contributed by atoms with van der Waals surface area (Å²) in [6.45, 7) is 5.17.